The van der Waals surface area contributed by atoms with Gasteiger partial charge in [-0.3, -0.25) is 0 Å². The van der Waals surface area contributed by atoms with Gasteiger partial charge in [-0.1, -0.05) is 23.2 Å². The first kappa shape index (κ1) is 13.8. The molecule has 0 aliphatic rings. The first-order valence-electron chi connectivity index (χ1n) is 4.74. The minimum Gasteiger partial charge on any atom is -0.465 e. The number of carbonyl (C=O) groups excluding carboxylic acids is 1. The van der Waals surface area contributed by atoms with E-state index in [9.17, 15) is 4.79 Å². The first-order chi connectivity index (χ1) is 7.95. The Hall–Kier alpha value is -1.26. The van der Waals surface area contributed by atoms with Gasteiger partial charge in [0, 0.05) is 20.3 Å². The van der Waals surface area contributed by atoms with Crippen LogP contribution in [0.4, 0.5) is 0 Å². The average molecular weight is 275 g/mol. The zero-order chi connectivity index (χ0) is 13.0. The Morgan fingerprint density at radius 2 is 2.12 bits per heavy atom. The summed E-state index contributed by atoms with van der Waals surface area (Å²) in [6, 6.07) is 1.44. The van der Waals surface area contributed by atoms with Gasteiger partial charge in [-0.15, -0.1) is 0 Å². The second-order valence-electron chi connectivity index (χ2n) is 3.46. The molecule has 1 rings (SSSR count). The van der Waals surface area contributed by atoms with Crippen LogP contribution in [0.3, 0.4) is 0 Å². The minimum absolute atomic E-state index is 0.0691. The second-order valence-corrected chi connectivity index (χ2v) is 4.23. The maximum Gasteiger partial charge on any atom is 0.341 e. The molecule has 17 heavy (non-hydrogen) atoms. The van der Waals surface area contributed by atoms with E-state index in [1.165, 1.54) is 13.2 Å². The quantitative estimate of drug-likeness (QED) is 0.628. The number of halogens is 2. The standard InChI is InChI=1S/C11H12Cl2N2O2/c1-15(2)5-4-9-8(12)6-7(10(13)14-9)11(16)17-3/h4-6H,1-3H3/b5-4+. The average Bonchev–Trinajstić information content (AvgIpc) is 2.28. The molecule has 0 atom stereocenters. The number of hydrogen-bond acceptors (Lipinski definition) is 4. The SMILES string of the molecule is COC(=O)c1cc(Cl)c(/C=C/N(C)C)nc1Cl. The van der Waals surface area contributed by atoms with Crippen molar-refractivity contribution in [1.29, 1.82) is 0 Å². The van der Waals surface area contributed by atoms with Crippen molar-refractivity contribution in [2.75, 3.05) is 21.2 Å². The van der Waals surface area contributed by atoms with Crippen molar-refractivity contribution in [3.05, 3.63) is 33.7 Å². The highest BCUT2D eigenvalue weighted by molar-refractivity contribution is 6.35. The lowest BCUT2D eigenvalue weighted by Gasteiger charge is -2.06. The summed E-state index contributed by atoms with van der Waals surface area (Å²) in [6.45, 7) is 0. The zero-order valence-corrected chi connectivity index (χ0v) is 11.2. The maximum absolute atomic E-state index is 11.3. The highest BCUT2D eigenvalue weighted by Gasteiger charge is 2.14. The van der Waals surface area contributed by atoms with Crippen LogP contribution in [0.5, 0.6) is 0 Å². The number of hydrogen-bond donors (Lipinski definition) is 0. The monoisotopic (exact) mass is 274 g/mol. The number of ether oxygens (including phenoxy) is 1. The van der Waals surface area contributed by atoms with E-state index < -0.39 is 5.97 Å². The van der Waals surface area contributed by atoms with Crippen LogP contribution in [0.25, 0.3) is 6.08 Å². The van der Waals surface area contributed by atoms with Crippen LogP contribution in [-0.2, 0) is 4.74 Å². The number of carbonyl (C=O) groups is 1. The predicted octanol–water partition coefficient (Wildman–Crippen LogP) is 2.71. The number of pyridine rings is 1. The molecule has 1 aromatic rings. The van der Waals surface area contributed by atoms with Crippen LogP contribution in [0.2, 0.25) is 10.2 Å². The Morgan fingerprint density at radius 3 is 2.65 bits per heavy atom. The lowest BCUT2D eigenvalue weighted by molar-refractivity contribution is 0.0600. The van der Waals surface area contributed by atoms with Gasteiger partial charge < -0.3 is 9.64 Å². The smallest absolute Gasteiger partial charge is 0.341 e. The molecule has 0 bridgehead atoms. The Bertz CT molecular complexity index is 459. The van der Waals surface area contributed by atoms with Gasteiger partial charge in [-0.2, -0.15) is 0 Å². The largest absolute Gasteiger partial charge is 0.465 e. The molecule has 92 valence electrons. The van der Waals surface area contributed by atoms with E-state index in [1.54, 1.807) is 12.3 Å². The summed E-state index contributed by atoms with van der Waals surface area (Å²) in [5.41, 5.74) is 0.652. The number of rotatable bonds is 3. The Kier molecular flexibility index (Phi) is 4.78. The highest BCUT2D eigenvalue weighted by atomic mass is 35.5. The summed E-state index contributed by atoms with van der Waals surface area (Å²) in [6.07, 6.45) is 3.48. The van der Waals surface area contributed by atoms with Gasteiger partial charge >= 0.3 is 5.97 Å². The van der Waals surface area contributed by atoms with Crippen LogP contribution < -0.4 is 0 Å². The third-order valence-electron chi connectivity index (χ3n) is 1.89. The second kappa shape index (κ2) is 5.89. The van der Waals surface area contributed by atoms with Gasteiger partial charge in [0.2, 0.25) is 0 Å². The van der Waals surface area contributed by atoms with E-state index >= 15 is 0 Å². The molecule has 0 saturated carbocycles. The molecule has 0 radical (unpaired) electrons. The zero-order valence-electron chi connectivity index (χ0n) is 9.70. The van der Waals surface area contributed by atoms with Crippen molar-refractivity contribution in [1.82, 2.24) is 9.88 Å². The van der Waals surface area contributed by atoms with E-state index in [4.69, 9.17) is 23.2 Å². The molecule has 4 nitrogen and oxygen atoms in total. The molecule has 0 fully saturated rings. The summed E-state index contributed by atoms with van der Waals surface area (Å²) < 4.78 is 4.56. The molecule has 0 saturated heterocycles. The molecule has 0 aliphatic heterocycles. The lowest BCUT2D eigenvalue weighted by Crippen LogP contribution is -2.05. The highest BCUT2D eigenvalue weighted by Crippen LogP contribution is 2.23. The van der Waals surface area contributed by atoms with Crippen LogP contribution >= 0.6 is 23.2 Å². The van der Waals surface area contributed by atoms with Gasteiger partial charge in [0.25, 0.3) is 0 Å². The summed E-state index contributed by atoms with van der Waals surface area (Å²) in [7, 11) is 5.01. The van der Waals surface area contributed by atoms with Crippen molar-refractivity contribution >= 4 is 35.2 Å². The van der Waals surface area contributed by atoms with Crippen molar-refractivity contribution in [2.24, 2.45) is 0 Å². The van der Waals surface area contributed by atoms with Crippen LogP contribution in [0, 0.1) is 0 Å². The van der Waals surface area contributed by atoms with Gasteiger partial charge in [0.15, 0.2) is 0 Å². The fraction of sp³-hybridized carbons (Fsp3) is 0.273. The predicted molar refractivity (Wildman–Crippen MR) is 68.3 cm³/mol. The molecule has 0 aromatic carbocycles. The molecule has 0 amide bonds. The van der Waals surface area contributed by atoms with Crippen LogP contribution in [-0.4, -0.2) is 37.1 Å². The number of nitrogens with zero attached hydrogens (tertiary/aromatic N) is 2. The van der Waals surface area contributed by atoms with E-state index in [0.717, 1.165) is 0 Å². The lowest BCUT2D eigenvalue weighted by atomic mass is 10.2. The summed E-state index contributed by atoms with van der Waals surface area (Å²) >= 11 is 11.9. The summed E-state index contributed by atoms with van der Waals surface area (Å²) in [5.74, 6) is -0.562. The molecule has 0 aliphatic carbocycles. The van der Waals surface area contributed by atoms with Crippen molar-refractivity contribution in [3.8, 4) is 0 Å². The Labute approximate surface area is 110 Å². The van der Waals surface area contributed by atoms with Crippen LogP contribution in [0.1, 0.15) is 16.1 Å². The van der Waals surface area contributed by atoms with E-state index in [0.29, 0.717) is 10.7 Å². The van der Waals surface area contributed by atoms with Crippen molar-refractivity contribution < 1.29 is 9.53 Å². The molecular formula is C11H12Cl2N2O2. The normalized spacial score (nSPS) is 10.6. The van der Waals surface area contributed by atoms with Gasteiger partial charge in [-0.05, 0) is 12.1 Å². The van der Waals surface area contributed by atoms with Gasteiger partial charge in [0.1, 0.15) is 5.15 Å². The van der Waals surface area contributed by atoms with E-state index in [2.05, 4.69) is 9.72 Å². The molecule has 1 aromatic heterocycles. The molecule has 1 heterocycles. The summed E-state index contributed by atoms with van der Waals surface area (Å²) in [4.78, 5) is 17.2. The fourth-order valence-electron chi connectivity index (χ4n) is 1.07. The van der Waals surface area contributed by atoms with Crippen molar-refractivity contribution in [3.63, 3.8) is 0 Å². The third-order valence-corrected chi connectivity index (χ3v) is 2.48. The summed E-state index contributed by atoms with van der Waals surface area (Å²) in [5, 5.41) is 0.410. The minimum atomic E-state index is -0.562. The Morgan fingerprint density at radius 1 is 1.47 bits per heavy atom. The van der Waals surface area contributed by atoms with Gasteiger partial charge in [-0.25, -0.2) is 9.78 Å². The van der Waals surface area contributed by atoms with Crippen LogP contribution in [0.15, 0.2) is 12.3 Å². The topological polar surface area (TPSA) is 42.4 Å². The number of esters is 1. The molecular weight excluding hydrogens is 263 g/mol. The third kappa shape index (κ3) is 3.61. The number of methoxy groups -OCH3 is 1. The number of aromatic nitrogens is 1. The first-order valence-corrected chi connectivity index (χ1v) is 5.50. The molecule has 0 N–H and O–H groups in total. The molecule has 0 unspecified atom stereocenters. The molecule has 0 spiro atoms. The fourth-order valence-corrected chi connectivity index (χ4v) is 1.51. The van der Waals surface area contributed by atoms with Gasteiger partial charge in [0.05, 0.1) is 23.4 Å². The maximum atomic E-state index is 11.3. The van der Waals surface area contributed by atoms with E-state index in [-0.39, 0.29) is 10.7 Å². The van der Waals surface area contributed by atoms with Crippen molar-refractivity contribution in [2.45, 2.75) is 0 Å². The van der Waals surface area contributed by atoms with E-state index in [1.807, 2.05) is 19.0 Å². The molecule has 6 heteroatoms. The Balaban J connectivity index is 3.14.